The summed E-state index contributed by atoms with van der Waals surface area (Å²) in [5, 5.41) is 4.02. The number of nitrogens with zero attached hydrogens (tertiary/aromatic N) is 1. The summed E-state index contributed by atoms with van der Waals surface area (Å²) in [6, 6.07) is 15.8. The second-order valence-corrected chi connectivity index (χ2v) is 7.87. The summed E-state index contributed by atoms with van der Waals surface area (Å²) in [6.07, 6.45) is 1.95. The van der Waals surface area contributed by atoms with Crippen LogP contribution in [0.1, 0.15) is 11.1 Å². The third kappa shape index (κ3) is 5.83. The Hall–Kier alpha value is -1.92. The van der Waals surface area contributed by atoms with Gasteiger partial charge in [-0.3, -0.25) is 4.79 Å². The number of hydrogen-bond acceptors (Lipinski definition) is 5. The zero-order valence-electron chi connectivity index (χ0n) is 14.0. The molecule has 1 amide bonds. The van der Waals surface area contributed by atoms with Gasteiger partial charge in [0.1, 0.15) is 11.9 Å². The van der Waals surface area contributed by atoms with Crippen LogP contribution < -0.4 is 10.2 Å². The average Bonchev–Trinajstić information content (AvgIpc) is 2.58. The zero-order chi connectivity index (χ0) is 17.5. The highest BCUT2D eigenvalue weighted by Gasteiger charge is 2.19. The van der Waals surface area contributed by atoms with Crippen molar-refractivity contribution in [3.8, 4) is 5.75 Å². The molecule has 0 bridgehead atoms. The Morgan fingerprint density at radius 3 is 2.84 bits per heavy atom. The molecular weight excluding hydrogens is 352 g/mol. The number of aryl methyl sites for hydroxylation is 1. The van der Waals surface area contributed by atoms with Gasteiger partial charge in [-0.15, -0.1) is 11.8 Å². The summed E-state index contributed by atoms with van der Waals surface area (Å²) in [7, 11) is 0. The molecule has 1 aliphatic heterocycles. The minimum atomic E-state index is -0.124. The van der Waals surface area contributed by atoms with Gasteiger partial charge >= 0.3 is 0 Å². The quantitative estimate of drug-likeness (QED) is 0.457. The Bertz CT molecular complexity index is 743. The topological polar surface area (TPSA) is 50.7 Å². The van der Waals surface area contributed by atoms with E-state index in [2.05, 4.69) is 10.5 Å². The second-order valence-electron chi connectivity index (χ2n) is 5.74. The molecule has 0 aliphatic carbocycles. The number of carbonyl (C=O) groups excluding carboxylic acids is 1. The van der Waals surface area contributed by atoms with Crippen LogP contribution in [0.3, 0.4) is 0 Å². The van der Waals surface area contributed by atoms with Crippen LogP contribution >= 0.6 is 23.5 Å². The maximum atomic E-state index is 11.9. The minimum Gasteiger partial charge on any atom is -0.489 e. The van der Waals surface area contributed by atoms with E-state index in [1.807, 2.05) is 67.2 Å². The van der Waals surface area contributed by atoms with Crippen molar-refractivity contribution in [1.82, 2.24) is 5.43 Å². The normalized spacial score (nSPS) is 14.3. The lowest BCUT2D eigenvalue weighted by Gasteiger charge is -2.25. The van der Waals surface area contributed by atoms with Gasteiger partial charge in [0.05, 0.1) is 12.0 Å². The number of rotatable bonds is 7. The molecule has 1 fully saturated rings. The van der Waals surface area contributed by atoms with E-state index in [0.29, 0.717) is 11.9 Å². The smallest absolute Gasteiger partial charge is 0.250 e. The Morgan fingerprint density at radius 2 is 2.12 bits per heavy atom. The lowest BCUT2D eigenvalue weighted by atomic mass is 10.2. The van der Waals surface area contributed by atoms with Crippen LogP contribution in [0.15, 0.2) is 58.5 Å². The molecule has 3 rings (SSSR count). The lowest BCUT2D eigenvalue weighted by Crippen LogP contribution is -2.31. The molecule has 130 valence electrons. The monoisotopic (exact) mass is 372 g/mol. The van der Waals surface area contributed by atoms with E-state index in [9.17, 15) is 4.79 Å². The third-order valence-corrected chi connectivity index (χ3v) is 5.79. The molecule has 0 aromatic heterocycles. The SMILES string of the molecule is Cc1ccc(SCC(=O)N/N=C\c2cccc(OC3CSC3)c2)cc1. The predicted molar refractivity (Wildman–Crippen MR) is 106 cm³/mol. The van der Waals surface area contributed by atoms with E-state index in [-0.39, 0.29) is 5.91 Å². The number of hydrogen-bond donors (Lipinski definition) is 1. The fourth-order valence-corrected chi connectivity index (χ4v) is 3.39. The van der Waals surface area contributed by atoms with Gasteiger partial charge < -0.3 is 4.74 Å². The Labute approximate surface area is 156 Å². The Balaban J connectivity index is 1.44. The average molecular weight is 373 g/mol. The van der Waals surface area contributed by atoms with Crippen molar-refractivity contribution in [3.63, 3.8) is 0 Å². The molecule has 0 atom stereocenters. The fourth-order valence-electron chi connectivity index (χ4n) is 2.14. The van der Waals surface area contributed by atoms with Crippen molar-refractivity contribution < 1.29 is 9.53 Å². The molecule has 2 aromatic carbocycles. The first kappa shape index (κ1) is 17.9. The van der Waals surface area contributed by atoms with E-state index >= 15 is 0 Å². The standard InChI is InChI=1S/C19H20N2O2S2/c1-14-5-7-18(8-6-14)25-13-19(22)21-20-10-15-3-2-4-16(9-15)23-17-11-24-12-17/h2-10,17H,11-13H2,1H3,(H,21,22)/b20-10-. The van der Waals surface area contributed by atoms with Crippen molar-refractivity contribution >= 4 is 35.6 Å². The number of thioether (sulfide) groups is 2. The maximum absolute atomic E-state index is 11.9. The summed E-state index contributed by atoms with van der Waals surface area (Å²) in [6.45, 7) is 2.04. The molecule has 0 spiro atoms. The van der Waals surface area contributed by atoms with Crippen LogP contribution in [0.4, 0.5) is 0 Å². The van der Waals surface area contributed by atoms with Crippen molar-refractivity contribution in [1.29, 1.82) is 0 Å². The minimum absolute atomic E-state index is 0.124. The van der Waals surface area contributed by atoms with E-state index < -0.39 is 0 Å². The Morgan fingerprint density at radius 1 is 1.32 bits per heavy atom. The van der Waals surface area contributed by atoms with E-state index in [1.165, 1.54) is 17.3 Å². The van der Waals surface area contributed by atoms with Gasteiger partial charge in [0.15, 0.2) is 0 Å². The molecular formula is C19H20N2O2S2. The maximum Gasteiger partial charge on any atom is 0.250 e. The number of ether oxygens (including phenoxy) is 1. The molecule has 1 aliphatic rings. The van der Waals surface area contributed by atoms with Crippen LogP contribution in [0.25, 0.3) is 0 Å². The molecule has 25 heavy (non-hydrogen) atoms. The molecule has 2 aromatic rings. The first-order valence-electron chi connectivity index (χ1n) is 8.05. The highest BCUT2D eigenvalue weighted by Crippen LogP contribution is 2.24. The number of carbonyl (C=O) groups is 1. The molecule has 0 unspecified atom stereocenters. The highest BCUT2D eigenvalue weighted by molar-refractivity contribution is 8.00. The van der Waals surface area contributed by atoms with Crippen LogP contribution in [0.5, 0.6) is 5.75 Å². The van der Waals surface area contributed by atoms with E-state index in [1.54, 1.807) is 6.21 Å². The first-order chi connectivity index (χ1) is 12.2. The van der Waals surface area contributed by atoms with E-state index in [4.69, 9.17) is 4.74 Å². The third-order valence-electron chi connectivity index (χ3n) is 3.56. The molecule has 1 heterocycles. The Kier molecular flexibility index (Phi) is 6.42. The molecule has 0 saturated carbocycles. The molecule has 0 radical (unpaired) electrons. The number of hydrazone groups is 1. The number of benzene rings is 2. The lowest BCUT2D eigenvalue weighted by molar-refractivity contribution is -0.118. The second kappa shape index (κ2) is 8.97. The molecule has 1 N–H and O–H groups in total. The highest BCUT2D eigenvalue weighted by atomic mass is 32.2. The fraction of sp³-hybridized carbons (Fsp3) is 0.263. The van der Waals surface area contributed by atoms with Crippen LogP contribution in [0, 0.1) is 6.92 Å². The molecule has 6 heteroatoms. The van der Waals surface area contributed by atoms with Gasteiger partial charge in [-0.25, -0.2) is 5.43 Å². The predicted octanol–water partition coefficient (Wildman–Crippen LogP) is 3.73. The van der Waals surface area contributed by atoms with Gasteiger partial charge in [0.2, 0.25) is 5.91 Å². The summed E-state index contributed by atoms with van der Waals surface area (Å²) in [4.78, 5) is 12.9. The summed E-state index contributed by atoms with van der Waals surface area (Å²) < 4.78 is 5.84. The van der Waals surface area contributed by atoms with Crippen molar-refractivity contribution in [2.24, 2.45) is 5.10 Å². The van der Waals surface area contributed by atoms with Crippen molar-refractivity contribution in [2.75, 3.05) is 17.3 Å². The van der Waals surface area contributed by atoms with Crippen molar-refractivity contribution in [2.45, 2.75) is 17.9 Å². The number of amides is 1. The van der Waals surface area contributed by atoms with Gasteiger partial charge in [-0.05, 0) is 36.8 Å². The largest absolute Gasteiger partial charge is 0.489 e. The van der Waals surface area contributed by atoms with Crippen LogP contribution in [-0.4, -0.2) is 35.5 Å². The molecule has 4 nitrogen and oxygen atoms in total. The number of nitrogens with one attached hydrogen (secondary N) is 1. The van der Waals surface area contributed by atoms with Gasteiger partial charge in [0.25, 0.3) is 0 Å². The van der Waals surface area contributed by atoms with Crippen LogP contribution in [0.2, 0.25) is 0 Å². The van der Waals surface area contributed by atoms with Gasteiger partial charge in [0, 0.05) is 16.4 Å². The van der Waals surface area contributed by atoms with Crippen LogP contribution in [-0.2, 0) is 4.79 Å². The summed E-state index contributed by atoms with van der Waals surface area (Å²) in [5.74, 6) is 3.15. The van der Waals surface area contributed by atoms with E-state index in [0.717, 1.165) is 27.7 Å². The van der Waals surface area contributed by atoms with Crippen molar-refractivity contribution in [3.05, 3.63) is 59.7 Å². The van der Waals surface area contributed by atoms with Gasteiger partial charge in [-0.2, -0.15) is 16.9 Å². The molecule has 1 saturated heterocycles. The summed E-state index contributed by atoms with van der Waals surface area (Å²) in [5.41, 5.74) is 4.67. The first-order valence-corrected chi connectivity index (χ1v) is 10.2. The zero-order valence-corrected chi connectivity index (χ0v) is 15.6. The van der Waals surface area contributed by atoms with Gasteiger partial charge in [-0.1, -0.05) is 29.8 Å². The summed E-state index contributed by atoms with van der Waals surface area (Å²) >= 11 is 3.38.